The van der Waals surface area contributed by atoms with Gasteiger partial charge in [0, 0.05) is 44.3 Å². The first-order valence-electron chi connectivity index (χ1n) is 17.0. The van der Waals surface area contributed by atoms with Crippen LogP contribution in [0.2, 0.25) is 0 Å². The maximum atomic E-state index is 13.7. The lowest BCUT2D eigenvalue weighted by atomic mass is 9.93. The summed E-state index contributed by atoms with van der Waals surface area (Å²) in [5.41, 5.74) is 3.55. The number of hydrogen-bond acceptors (Lipinski definition) is 11. The molecule has 15 nitrogen and oxygen atoms in total. The molecule has 4 aromatic rings. The second-order valence-corrected chi connectivity index (χ2v) is 12.6. The van der Waals surface area contributed by atoms with E-state index in [-0.39, 0.29) is 23.8 Å². The number of amides is 2. The summed E-state index contributed by atoms with van der Waals surface area (Å²) >= 11 is 1.20. The molecule has 0 spiro atoms. The fourth-order valence-corrected chi connectivity index (χ4v) is 6.49. The fraction of sp³-hybridized carbons (Fsp3) is 0.324. The molecule has 4 heterocycles. The topological polar surface area (TPSA) is 207 Å². The number of carbonyl (C=O) groups excluding carboxylic acids is 3. The zero-order valence-electron chi connectivity index (χ0n) is 29.3. The van der Waals surface area contributed by atoms with Crippen LogP contribution in [0.5, 0.6) is 5.75 Å². The quantitative estimate of drug-likeness (QED) is 0.0201. The molecule has 0 bridgehead atoms. The van der Waals surface area contributed by atoms with Crippen LogP contribution < -0.4 is 20.7 Å². The molecule has 1 aromatic carbocycles. The van der Waals surface area contributed by atoms with Gasteiger partial charge in [-0.2, -0.15) is 5.26 Å². The van der Waals surface area contributed by atoms with Crippen molar-refractivity contribution in [1.29, 1.82) is 10.7 Å². The highest BCUT2D eigenvalue weighted by Gasteiger charge is 2.30. The molecule has 5 rings (SSSR count). The van der Waals surface area contributed by atoms with E-state index in [0.29, 0.717) is 98.4 Å². The summed E-state index contributed by atoms with van der Waals surface area (Å²) in [5, 5.41) is 28.7. The summed E-state index contributed by atoms with van der Waals surface area (Å²) in [6.07, 6.45) is 5.57. The molecule has 1 fully saturated rings. The molecule has 3 aromatic heterocycles. The number of rotatable bonds is 17. The smallest absolute Gasteiger partial charge is 0.295 e. The first kappa shape index (κ1) is 38.3. The largest absolute Gasteiger partial charge is 0.494 e. The third-order valence-electron chi connectivity index (χ3n) is 8.32. The Morgan fingerprint density at radius 3 is 2.55 bits per heavy atom. The number of thiazole rings is 1. The summed E-state index contributed by atoms with van der Waals surface area (Å²) in [5.74, 6) is -1.33. The van der Waals surface area contributed by atoms with E-state index >= 15 is 0 Å². The number of nitrogens with zero attached hydrogens (tertiary/aromatic N) is 4. The average Bonchev–Trinajstić information content (AvgIpc) is 3.87. The number of ether oxygens (including phenoxy) is 3. The van der Waals surface area contributed by atoms with Crippen molar-refractivity contribution >= 4 is 51.4 Å². The van der Waals surface area contributed by atoms with Gasteiger partial charge in [0.2, 0.25) is 0 Å². The van der Waals surface area contributed by atoms with Gasteiger partial charge in [-0.25, -0.2) is 9.97 Å². The highest BCUT2D eigenvalue weighted by Crippen LogP contribution is 2.36. The van der Waals surface area contributed by atoms with Crippen molar-refractivity contribution < 1.29 is 28.6 Å². The Balaban J connectivity index is 1.16. The van der Waals surface area contributed by atoms with Crippen LogP contribution in [0.25, 0.3) is 27.2 Å². The number of carbonyl (C=O) groups is 3. The van der Waals surface area contributed by atoms with Gasteiger partial charge < -0.3 is 40.0 Å². The van der Waals surface area contributed by atoms with Gasteiger partial charge in [0.15, 0.2) is 5.96 Å². The third-order valence-corrected chi connectivity index (χ3v) is 9.17. The number of guanidine groups is 1. The van der Waals surface area contributed by atoms with Crippen molar-refractivity contribution in [2.24, 2.45) is 0 Å². The molecular weight excluding hydrogens is 699 g/mol. The van der Waals surface area contributed by atoms with Gasteiger partial charge in [0.25, 0.3) is 17.6 Å². The van der Waals surface area contributed by atoms with E-state index in [0.717, 1.165) is 11.1 Å². The number of methoxy groups -OCH3 is 1. The lowest BCUT2D eigenvalue weighted by molar-refractivity contribution is -0.126. The van der Waals surface area contributed by atoms with Crippen molar-refractivity contribution in [1.82, 2.24) is 35.8 Å². The Hall–Kier alpha value is -5.89. The summed E-state index contributed by atoms with van der Waals surface area (Å²) < 4.78 is 16.2. The van der Waals surface area contributed by atoms with Gasteiger partial charge >= 0.3 is 0 Å². The third kappa shape index (κ3) is 9.71. The average molecular weight is 740 g/mol. The van der Waals surface area contributed by atoms with E-state index in [4.69, 9.17) is 19.6 Å². The van der Waals surface area contributed by atoms with E-state index in [9.17, 15) is 19.6 Å². The number of nitrogens with one attached hydrogen (secondary N) is 5. The number of aromatic nitrogens is 3. The number of Topliss-reactive ketones (excluding diaryl/α,β-unsaturated/α-hetero) is 1. The highest BCUT2D eigenvalue weighted by atomic mass is 32.1. The number of nitriles is 1. The normalized spacial score (nSPS) is 12.5. The van der Waals surface area contributed by atoms with Gasteiger partial charge in [-0.15, -0.1) is 17.9 Å². The second kappa shape index (κ2) is 19.1. The number of pyridine rings is 1. The van der Waals surface area contributed by atoms with Crippen molar-refractivity contribution in [2.45, 2.75) is 12.8 Å². The van der Waals surface area contributed by atoms with Crippen molar-refractivity contribution in [3.63, 3.8) is 0 Å². The minimum absolute atomic E-state index is 0.108. The number of H-pyrrole nitrogens is 1. The van der Waals surface area contributed by atoms with E-state index < -0.39 is 17.6 Å². The molecule has 1 aliphatic heterocycles. The number of fused-ring (bicyclic) bond motifs is 1. The Labute approximate surface area is 310 Å². The molecule has 0 unspecified atom stereocenters. The van der Waals surface area contributed by atoms with Gasteiger partial charge in [0.1, 0.15) is 22.1 Å². The van der Waals surface area contributed by atoms with Gasteiger partial charge in [-0.1, -0.05) is 36.4 Å². The fourth-order valence-electron chi connectivity index (χ4n) is 5.69. The van der Waals surface area contributed by atoms with E-state index in [1.807, 2.05) is 30.3 Å². The SMILES string of the molecule is C=CCOCCOCCNC(=N)NCCNC(=O)c1csc(-c2ncc(OC)c3c(C(=O)C(=O)N4CCC(=C(C#N)c5ccccc5)CC4)c[nH]c23)n1. The highest BCUT2D eigenvalue weighted by molar-refractivity contribution is 7.13. The monoisotopic (exact) mass is 739 g/mol. The predicted molar refractivity (Wildman–Crippen MR) is 201 cm³/mol. The van der Waals surface area contributed by atoms with Crippen LogP contribution in [-0.2, 0) is 14.3 Å². The molecule has 0 radical (unpaired) electrons. The summed E-state index contributed by atoms with van der Waals surface area (Å²) in [4.78, 5) is 53.6. The van der Waals surface area contributed by atoms with Crippen LogP contribution in [0.1, 0.15) is 39.3 Å². The first-order chi connectivity index (χ1) is 25.9. The minimum atomic E-state index is -0.697. The van der Waals surface area contributed by atoms with Gasteiger partial charge in [-0.05, 0) is 24.0 Å². The first-order valence-corrected chi connectivity index (χ1v) is 17.9. The van der Waals surface area contributed by atoms with Crippen molar-refractivity contribution in [3.8, 4) is 22.5 Å². The minimum Gasteiger partial charge on any atom is -0.494 e. The lowest BCUT2D eigenvalue weighted by Crippen LogP contribution is -2.42. The number of likely N-dealkylation sites (tertiary alicyclic amines) is 1. The number of hydrogen-bond donors (Lipinski definition) is 5. The Morgan fingerprint density at radius 2 is 1.81 bits per heavy atom. The lowest BCUT2D eigenvalue weighted by Gasteiger charge is -2.28. The molecule has 5 N–H and O–H groups in total. The standard InChI is InChI=1S/C37H41N9O6S/c1-3-16-51-18-19-52-17-13-42-37(39)41-12-11-40-34(48)28-23-53-35(45-28)32-31-30(29(50-2)22-44-32)27(21-43-31)33(47)36(49)46-14-9-25(10-15-46)26(20-38)24-7-5-4-6-8-24/h3-8,21-23,43H,1,9-19H2,2H3,(H,40,48)(H3,39,41,42). The van der Waals surface area contributed by atoms with Crippen LogP contribution in [0.4, 0.5) is 0 Å². The molecule has 1 saturated heterocycles. The maximum Gasteiger partial charge on any atom is 0.295 e. The molecule has 53 heavy (non-hydrogen) atoms. The van der Waals surface area contributed by atoms with Crippen molar-refractivity contribution in [3.05, 3.63) is 83.2 Å². The molecule has 16 heteroatoms. The summed E-state index contributed by atoms with van der Waals surface area (Å²) in [6.45, 7) is 7.02. The molecular formula is C37H41N9O6S. The number of allylic oxidation sites excluding steroid dienone is 1. The molecule has 1 aliphatic rings. The summed E-state index contributed by atoms with van der Waals surface area (Å²) in [6, 6.07) is 11.7. The second-order valence-electron chi connectivity index (χ2n) is 11.7. The zero-order valence-corrected chi connectivity index (χ0v) is 30.1. The van der Waals surface area contributed by atoms with E-state index in [1.54, 1.807) is 11.5 Å². The van der Waals surface area contributed by atoms with Gasteiger partial charge in [0.05, 0.1) is 67.8 Å². The molecule has 0 saturated carbocycles. The Kier molecular flexibility index (Phi) is 13.8. The van der Waals surface area contributed by atoms with Crippen LogP contribution in [0, 0.1) is 16.7 Å². The zero-order chi connectivity index (χ0) is 37.6. The van der Waals surface area contributed by atoms with Gasteiger partial charge in [-0.3, -0.25) is 19.8 Å². The molecule has 0 atom stereocenters. The molecule has 2 amide bonds. The Bertz CT molecular complexity index is 2010. The Morgan fingerprint density at radius 1 is 1.08 bits per heavy atom. The number of aromatic amines is 1. The van der Waals surface area contributed by atoms with E-state index in [1.165, 1.54) is 35.7 Å². The van der Waals surface area contributed by atoms with Crippen LogP contribution in [0.3, 0.4) is 0 Å². The van der Waals surface area contributed by atoms with Crippen LogP contribution in [0.15, 0.2) is 66.3 Å². The molecule has 0 aliphatic carbocycles. The number of piperidine rings is 1. The summed E-state index contributed by atoms with van der Waals surface area (Å²) in [7, 11) is 1.45. The predicted octanol–water partition coefficient (Wildman–Crippen LogP) is 3.54. The number of benzene rings is 1. The molecule has 276 valence electrons. The van der Waals surface area contributed by atoms with Crippen LogP contribution >= 0.6 is 11.3 Å². The maximum absolute atomic E-state index is 13.7. The number of ketones is 1. The van der Waals surface area contributed by atoms with E-state index in [2.05, 4.69) is 43.6 Å². The van der Waals surface area contributed by atoms with Crippen LogP contribution in [-0.4, -0.2) is 110 Å². The van der Waals surface area contributed by atoms with Crippen molar-refractivity contribution in [2.75, 3.05) is 66.3 Å².